The van der Waals surface area contributed by atoms with Crippen molar-refractivity contribution in [3.8, 4) is 0 Å². The van der Waals surface area contributed by atoms with Gasteiger partial charge >= 0.3 is 11.9 Å². The number of benzene rings is 1. The smallest absolute Gasteiger partial charge is 0.326 e. The van der Waals surface area contributed by atoms with E-state index in [0.717, 1.165) is 18.4 Å². The molecule has 0 radical (unpaired) electrons. The molecular weight excluding hydrogens is 286 g/mol. The van der Waals surface area contributed by atoms with Gasteiger partial charge in [-0.3, -0.25) is 4.79 Å². The number of nitrogens with one attached hydrogen (secondary N) is 1. The molecule has 1 aromatic carbocycles. The number of hydrogen-bond donors (Lipinski definition) is 5. The van der Waals surface area contributed by atoms with Crippen LogP contribution in [0.25, 0.3) is 0 Å². The molecule has 0 aliphatic heterocycles. The number of nitrogens with two attached hydrogens (primary N) is 2. The summed E-state index contributed by atoms with van der Waals surface area (Å²) in [5.41, 5.74) is 12.3. The zero-order valence-electron chi connectivity index (χ0n) is 12.4. The Morgan fingerprint density at radius 2 is 1.73 bits per heavy atom. The van der Waals surface area contributed by atoms with Gasteiger partial charge in [0.1, 0.15) is 12.1 Å². The van der Waals surface area contributed by atoms with Gasteiger partial charge in [0.2, 0.25) is 0 Å². The van der Waals surface area contributed by atoms with E-state index in [4.69, 9.17) is 16.6 Å². The largest absolute Gasteiger partial charge is 0.480 e. The van der Waals surface area contributed by atoms with Gasteiger partial charge in [-0.15, -0.1) is 0 Å². The topological polar surface area (TPSA) is 139 Å². The highest BCUT2D eigenvalue weighted by Gasteiger charge is 2.17. The third-order valence-electron chi connectivity index (χ3n) is 3.31. The van der Waals surface area contributed by atoms with Crippen molar-refractivity contribution in [1.29, 1.82) is 0 Å². The van der Waals surface area contributed by atoms with Gasteiger partial charge < -0.3 is 27.0 Å². The Hall–Kier alpha value is -2.12. The second-order valence-electron chi connectivity index (χ2n) is 5.17. The first-order valence-electron chi connectivity index (χ1n) is 7.20. The first kappa shape index (κ1) is 17.9. The van der Waals surface area contributed by atoms with E-state index >= 15 is 0 Å². The molecule has 7 nitrogen and oxygen atoms in total. The summed E-state index contributed by atoms with van der Waals surface area (Å²) in [4.78, 5) is 21.9. The summed E-state index contributed by atoms with van der Waals surface area (Å²) in [5.74, 6) is -1.96. The molecule has 0 aliphatic carbocycles. The average molecular weight is 309 g/mol. The summed E-state index contributed by atoms with van der Waals surface area (Å²) in [5, 5.41) is 20.9. The van der Waals surface area contributed by atoms with E-state index in [1.54, 1.807) is 24.3 Å². The minimum atomic E-state index is -1.05. The van der Waals surface area contributed by atoms with Crippen LogP contribution in [0.15, 0.2) is 24.3 Å². The average Bonchev–Trinajstić information content (AvgIpc) is 2.47. The van der Waals surface area contributed by atoms with Crippen LogP contribution in [0.3, 0.4) is 0 Å². The van der Waals surface area contributed by atoms with E-state index < -0.39 is 24.0 Å². The van der Waals surface area contributed by atoms with Crippen LogP contribution in [0.5, 0.6) is 0 Å². The second-order valence-corrected chi connectivity index (χ2v) is 5.17. The van der Waals surface area contributed by atoms with E-state index in [0.29, 0.717) is 18.7 Å². The van der Waals surface area contributed by atoms with Gasteiger partial charge in [0, 0.05) is 5.69 Å². The molecule has 7 N–H and O–H groups in total. The fourth-order valence-electron chi connectivity index (χ4n) is 2.03. The first-order valence-corrected chi connectivity index (χ1v) is 7.20. The predicted octanol–water partition coefficient (Wildman–Crippen LogP) is 0.635. The maximum atomic E-state index is 11.2. The number of rotatable bonds is 10. The summed E-state index contributed by atoms with van der Waals surface area (Å²) in [7, 11) is 0. The number of carbonyl (C=O) groups is 2. The van der Waals surface area contributed by atoms with Gasteiger partial charge in [0.25, 0.3) is 0 Å². The molecule has 0 aliphatic rings. The minimum absolute atomic E-state index is 0.231. The standard InChI is InChI=1S/C15H23N3O4/c16-8-2-1-3-13(15(21)22)18-11-6-4-10(5-7-11)9-12(17)14(19)20/h4-7,12-13,18H,1-3,8-9,16-17H2,(H,19,20)(H,21,22)/t12-,13-/m0/s1. The Morgan fingerprint density at radius 1 is 1.09 bits per heavy atom. The molecule has 1 rings (SSSR count). The number of anilines is 1. The molecule has 2 atom stereocenters. The normalized spacial score (nSPS) is 13.4. The molecule has 0 fully saturated rings. The lowest BCUT2D eigenvalue weighted by Gasteiger charge is -2.16. The number of carboxylic acid groups (broad SMARTS) is 2. The first-order chi connectivity index (χ1) is 10.4. The van der Waals surface area contributed by atoms with Crippen LogP contribution < -0.4 is 16.8 Å². The molecule has 0 aromatic heterocycles. The van der Waals surface area contributed by atoms with Crippen molar-refractivity contribution in [3.05, 3.63) is 29.8 Å². The quantitative estimate of drug-likeness (QED) is 0.399. The summed E-state index contributed by atoms with van der Waals surface area (Å²) >= 11 is 0. The van der Waals surface area contributed by atoms with Crippen LogP contribution in [0.1, 0.15) is 24.8 Å². The zero-order chi connectivity index (χ0) is 16.5. The maximum absolute atomic E-state index is 11.2. The third kappa shape index (κ3) is 6.11. The van der Waals surface area contributed by atoms with E-state index in [9.17, 15) is 14.7 Å². The molecular formula is C15H23N3O4. The van der Waals surface area contributed by atoms with Crippen LogP contribution in [0.2, 0.25) is 0 Å². The van der Waals surface area contributed by atoms with Gasteiger partial charge in [0.05, 0.1) is 0 Å². The lowest BCUT2D eigenvalue weighted by Crippen LogP contribution is -2.32. The van der Waals surface area contributed by atoms with Crippen LogP contribution >= 0.6 is 0 Å². The number of aliphatic carboxylic acids is 2. The molecule has 22 heavy (non-hydrogen) atoms. The Labute approximate surface area is 129 Å². The fourth-order valence-corrected chi connectivity index (χ4v) is 2.03. The molecule has 122 valence electrons. The molecule has 0 unspecified atom stereocenters. The van der Waals surface area contributed by atoms with E-state index in [-0.39, 0.29) is 6.42 Å². The molecule has 0 spiro atoms. The SMILES string of the molecule is NCCCC[C@H](Nc1ccc(C[C@H](N)C(=O)O)cc1)C(=O)O. The van der Waals surface area contributed by atoms with Gasteiger partial charge in [0.15, 0.2) is 0 Å². The number of unbranched alkanes of at least 4 members (excludes halogenated alkanes) is 1. The van der Waals surface area contributed by atoms with Crippen molar-refractivity contribution < 1.29 is 19.8 Å². The lowest BCUT2D eigenvalue weighted by atomic mass is 10.1. The van der Waals surface area contributed by atoms with Gasteiger partial charge in [-0.05, 0) is 49.9 Å². The molecule has 7 heteroatoms. The van der Waals surface area contributed by atoms with Crippen LogP contribution in [-0.2, 0) is 16.0 Å². The van der Waals surface area contributed by atoms with Crippen LogP contribution in [0.4, 0.5) is 5.69 Å². The molecule has 1 aromatic rings. The van der Waals surface area contributed by atoms with Crippen molar-refractivity contribution >= 4 is 17.6 Å². The van der Waals surface area contributed by atoms with Gasteiger partial charge in [-0.2, -0.15) is 0 Å². The highest BCUT2D eigenvalue weighted by atomic mass is 16.4. The Balaban J connectivity index is 2.60. The summed E-state index contributed by atoms with van der Waals surface area (Å²) in [6.07, 6.45) is 2.26. The van der Waals surface area contributed by atoms with Gasteiger partial charge in [-0.25, -0.2) is 4.79 Å². The highest BCUT2D eigenvalue weighted by molar-refractivity contribution is 5.77. The molecule has 0 amide bonds. The van der Waals surface area contributed by atoms with Crippen molar-refractivity contribution in [2.45, 2.75) is 37.8 Å². The molecule has 0 saturated heterocycles. The molecule has 0 bridgehead atoms. The third-order valence-corrected chi connectivity index (χ3v) is 3.31. The van der Waals surface area contributed by atoms with Crippen molar-refractivity contribution in [2.24, 2.45) is 11.5 Å². The van der Waals surface area contributed by atoms with Crippen LogP contribution in [0, 0.1) is 0 Å². The molecule has 0 heterocycles. The van der Waals surface area contributed by atoms with Gasteiger partial charge in [-0.1, -0.05) is 12.1 Å². The minimum Gasteiger partial charge on any atom is -0.480 e. The summed E-state index contributed by atoms with van der Waals surface area (Å²) in [6.45, 7) is 0.546. The van der Waals surface area contributed by atoms with Crippen molar-refractivity contribution in [3.63, 3.8) is 0 Å². The van der Waals surface area contributed by atoms with E-state index in [1.807, 2.05) is 0 Å². The van der Waals surface area contributed by atoms with Crippen LogP contribution in [-0.4, -0.2) is 40.8 Å². The van der Waals surface area contributed by atoms with E-state index in [1.165, 1.54) is 0 Å². The lowest BCUT2D eigenvalue weighted by molar-refractivity contribution is -0.139. The van der Waals surface area contributed by atoms with E-state index in [2.05, 4.69) is 5.32 Å². The monoisotopic (exact) mass is 309 g/mol. The highest BCUT2D eigenvalue weighted by Crippen LogP contribution is 2.14. The zero-order valence-corrected chi connectivity index (χ0v) is 12.4. The Kier molecular flexibility index (Phi) is 7.34. The molecule has 0 saturated carbocycles. The Morgan fingerprint density at radius 3 is 2.23 bits per heavy atom. The van der Waals surface area contributed by atoms with Crippen molar-refractivity contribution in [2.75, 3.05) is 11.9 Å². The second kappa shape index (κ2) is 9.01. The van der Waals surface area contributed by atoms with Crippen molar-refractivity contribution in [1.82, 2.24) is 0 Å². The Bertz CT molecular complexity index is 490. The predicted molar refractivity (Wildman–Crippen MR) is 83.7 cm³/mol. The summed E-state index contributed by atoms with van der Waals surface area (Å²) < 4.78 is 0. The number of carboxylic acids is 2. The number of hydrogen-bond acceptors (Lipinski definition) is 5. The fraction of sp³-hybridized carbons (Fsp3) is 0.467. The maximum Gasteiger partial charge on any atom is 0.326 e. The summed E-state index contributed by atoms with van der Waals surface area (Å²) in [6, 6.07) is 5.32.